The molecule has 1 aliphatic heterocycles. The number of benzene rings is 8. The number of hydrogen-bond acceptors (Lipinski definition) is 2. The summed E-state index contributed by atoms with van der Waals surface area (Å²) in [5.74, 6) is 0. The summed E-state index contributed by atoms with van der Waals surface area (Å²) in [6, 6.07) is 66.4. The third-order valence-corrected chi connectivity index (χ3v) is 12.0. The van der Waals surface area contributed by atoms with Crippen LogP contribution < -0.4 is 21.1 Å². The van der Waals surface area contributed by atoms with Gasteiger partial charge in [-0.3, -0.25) is 0 Å². The monoisotopic (exact) mass is 703 g/mol. The molecule has 8 aromatic carbocycles. The maximum atomic E-state index is 3.80. The molecule has 0 atom stereocenters. The summed E-state index contributed by atoms with van der Waals surface area (Å²) in [4.78, 5) is 2.45. The fourth-order valence-electron chi connectivity index (χ4n) is 9.46. The molecule has 260 valence electrons. The fraction of sp³-hybridized carbons (Fsp3) is 0.0588. The number of hydrogen-bond donors (Lipinski definition) is 1. The van der Waals surface area contributed by atoms with Crippen molar-refractivity contribution in [2.45, 2.75) is 19.3 Å². The topological polar surface area (TPSA) is 20.2 Å². The number of anilines is 5. The van der Waals surface area contributed by atoms with E-state index < -0.39 is 0 Å². The highest BCUT2D eigenvalue weighted by atomic mass is 15.1. The average molecular weight is 704 g/mol. The minimum absolute atomic E-state index is 0.0833. The molecular weight excluding hydrogens is 665 g/mol. The SMILES string of the molecule is CC1(C)c2ccccc2-c2cc3c(cc21)Bc1c(-c2ccccc2Nc2ccccc2)cc(N(c2ccccc2)c2ccccc2)c2c4ccccc4n-3c12. The van der Waals surface area contributed by atoms with E-state index in [1.54, 1.807) is 0 Å². The molecule has 0 spiro atoms. The summed E-state index contributed by atoms with van der Waals surface area (Å²) in [5.41, 5.74) is 19.9. The van der Waals surface area contributed by atoms with Gasteiger partial charge in [0, 0.05) is 50.2 Å². The van der Waals surface area contributed by atoms with Crippen LogP contribution in [0.4, 0.5) is 28.4 Å². The number of aromatic nitrogens is 1. The molecule has 4 heteroatoms. The normalized spacial score (nSPS) is 13.2. The second-order valence-electron chi connectivity index (χ2n) is 15.4. The van der Waals surface area contributed by atoms with Gasteiger partial charge in [0.25, 0.3) is 0 Å². The minimum atomic E-state index is -0.0833. The molecule has 3 nitrogen and oxygen atoms in total. The van der Waals surface area contributed by atoms with Crippen molar-refractivity contribution in [1.29, 1.82) is 0 Å². The van der Waals surface area contributed by atoms with Crippen molar-refractivity contribution >= 4 is 68.4 Å². The quantitative estimate of drug-likeness (QED) is 0.174. The number of nitrogens with one attached hydrogen (secondary N) is 1. The lowest BCUT2D eigenvalue weighted by Gasteiger charge is -2.30. The van der Waals surface area contributed by atoms with Gasteiger partial charge in [0.05, 0.1) is 16.7 Å². The molecule has 2 aliphatic rings. The Morgan fingerprint density at radius 2 is 1.16 bits per heavy atom. The van der Waals surface area contributed by atoms with Gasteiger partial charge in [0.1, 0.15) is 0 Å². The predicted octanol–water partition coefficient (Wildman–Crippen LogP) is 11.7. The number of nitrogens with zero attached hydrogens (tertiary/aromatic N) is 2. The summed E-state index contributed by atoms with van der Waals surface area (Å²) < 4.78 is 2.58. The van der Waals surface area contributed by atoms with Crippen LogP contribution in [-0.2, 0) is 5.41 Å². The van der Waals surface area contributed by atoms with Gasteiger partial charge < -0.3 is 14.8 Å². The van der Waals surface area contributed by atoms with Crippen molar-refractivity contribution in [3.8, 4) is 27.9 Å². The molecule has 1 aliphatic carbocycles. The van der Waals surface area contributed by atoms with Crippen LogP contribution in [0.1, 0.15) is 25.0 Å². The summed E-state index contributed by atoms with van der Waals surface area (Å²) >= 11 is 0. The van der Waals surface area contributed by atoms with Crippen molar-refractivity contribution in [2.24, 2.45) is 0 Å². The zero-order valence-corrected chi connectivity index (χ0v) is 30.9. The molecule has 0 saturated carbocycles. The highest BCUT2D eigenvalue weighted by molar-refractivity contribution is 6.73. The van der Waals surface area contributed by atoms with Crippen LogP contribution in [0.5, 0.6) is 0 Å². The first-order valence-electron chi connectivity index (χ1n) is 19.2. The largest absolute Gasteiger partial charge is 0.355 e. The molecular formula is C51H38BN3. The third kappa shape index (κ3) is 4.78. The Hall–Kier alpha value is -6.78. The molecule has 0 amide bonds. The van der Waals surface area contributed by atoms with E-state index in [1.807, 2.05) is 0 Å². The molecule has 2 heterocycles. The molecule has 55 heavy (non-hydrogen) atoms. The molecule has 0 unspecified atom stereocenters. The van der Waals surface area contributed by atoms with Gasteiger partial charge in [-0.05, 0) is 93.9 Å². The number of rotatable bonds is 6. The van der Waals surface area contributed by atoms with E-state index in [0.717, 1.165) is 35.7 Å². The molecule has 11 rings (SSSR count). The van der Waals surface area contributed by atoms with E-state index in [4.69, 9.17) is 0 Å². The lowest BCUT2D eigenvalue weighted by Crippen LogP contribution is -2.38. The van der Waals surface area contributed by atoms with Gasteiger partial charge in [0.15, 0.2) is 7.28 Å². The van der Waals surface area contributed by atoms with Gasteiger partial charge in [0.2, 0.25) is 0 Å². The van der Waals surface area contributed by atoms with Crippen LogP contribution in [-0.4, -0.2) is 11.8 Å². The van der Waals surface area contributed by atoms with Crippen LogP contribution >= 0.6 is 0 Å². The minimum Gasteiger partial charge on any atom is -0.355 e. The smallest absolute Gasteiger partial charge is 0.198 e. The van der Waals surface area contributed by atoms with Gasteiger partial charge in [-0.15, -0.1) is 0 Å². The third-order valence-electron chi connectivity index (χ3n) is 12.0. The first-order valence-corrected chi connectivity index (χ1v) is 19.2. The van der Waals surface area contributed by atoms with E-state index in [9.17, 15) is 0 Å². The van der Waals surface area contributed by atoms with Crippen LogP contribution in [0.3, 0.4) is 0 Å². The van der Waals surface area contributed by atoms with Crippen molar-refractivity contribution in [1.82, 2.24) is 4.57 Å². The van der Waals surface area contributed by atoms with E-state index in [0.29, 0.717) is 0 Å². The Labute approximate surface area is 322 Å². The standard InChI is InChI=1S/C51H38BN3/c1-51(2)41-27-15-12-24-36(41)39-30-46-43(32-42(39)51)52-49-40(37-25-13-16-28-44(37)53-33-18-6-3-7-19-33)31-47(48-38-26-14-17-29-45(38)55(46)50(48)49)54(34-20-8-4-9-21-34)35-22-10-5-11-23-35/h3-32,52-53H,1-2H3. The highest BCUT2D eigenvalue weighted by Gasteiger charge is 2.38. The predicted molar refractivity (Wildman–Crippen MR) is 235 cm³/mol. The van der Waals surface area contributed by atoms with Crippen LogP contribution in [0, 0.1) is 0 Å². The van der Waals surface area contributed by atoms with Crippen molar-refractivity contribution < 1.29 is 0 Å². The Balaban J connectivity index is 1.28. The van der Waals surface area contributed by atoms with Crippen LogP contribution in [0.25, 0.3) is 49.7 Å². The lowest BCUT2D eigenvalue weighted by atomic mass is 9.58. The molecule has 0 saturated heterocycles. The second kappa shape index (κ2) is 12.1. The van der Waals surface area contributed by atoms with Crippen LogP contribution in [0.15, 0.2) is 182 Å². The summed E-state index contributed by atoms with van der Waals surface area (Å²) in [7, 11) is 0.827. The van der Waals surface area contributed by atoms with Gasteiger partial charge in [-0.1, -0.05) is 141 Å². The van der Waals surface area contributed by atoms with Gasteiger partial charge >= 0.3 is 0 Å². The molecule has 0 fully saturated rings. The molecule has 0 radical (unpaired) electrons. The summed E-state index contributed by atoms with van der Waals surface area (Å²) in [5, 5.41) is 6.31. The Kier molecular flexibility index (Phi) is 6.99. The van der Waals surface area contributed by atoms with Crippen molar-refractivity contribution in [3.05, 3.63) is 193 Å². The van der Waals surface area contributed by atoms with Crippen molar-refractivity contribution in [2.75, 3.05) is 10.2 Å². The molecule has 1 aromatic heterocycles. The van der Waals surface area contributed by atoms with Crippen molar-refractivity contribution in [3.63, 3.8) is 0 Å². The fourth-order valence-corrected chi connectivity index (χ4v) is 9.46. The average Bonchev–Trinajstić information content (AvgIpc) is 3.69. The van der Waals surface area contributed by atoms with E-state index >= 15 is 0 Å². The zero-order valence-electron chi connectivity index (χ0n) is 30.9. The second-order valence-corrected chi connectivity index (χ2v) is 15.4. The first-order chi connectivity index (χ1) is 27.1. The lowest BCUT2D eigenvalue weighted by molar-refractivity contribution is 0.661. The molecule has 1 N–H and O–H groups in total. The maximum Gasteiger partial charge on any atom is 0.198 e. The molecule has 9 aromatic rings. The zero-order chi connectivity index (χ0) is 36.7. The molecule has 0 bridgehead atoms. The van der Waals surface area contributed by atoms with E-state index in [2.05, 4.69) is 211 Å². The van der Waals surface area contributed by atoms with E-state index in [1.165, 1.54) is 71.8 Å². The van der Waals surface area contributed by atoms with E-state index in [-0.39, 0.29) is 5.41 Å². The first kappa shape index (κ1) is 31.7. The Morgan fingerprint density at radius 3 is 1.91 bits per heavy atom. The van der Waals surface area contributed by atoms with Crippen LogP contribution in [0.2, 0.25) is 0 Å². The maximum absolute atomic E-state index is 3.80. The number of para-hydroxylation sites is 5. The Morgan fingerprint density at radius 1 is 0.545 bits per heavy atom. The summed E-state index contributed by atoms with van der Waals surface area (Å²) in [6.07, 6.45) is 0. The number of fused-ring (bicyclic) bond motifs is 8. The summed E-state index contributed by atoms with van der Waals surface area (Å²) in [6.45, 7) is 4.77. The van der Waals surface area contributed by atoms with Gasteiger partial charge in [-0.2, -0.15) is 0 Å². The highest BCUT2D eigenvalue weighted by Crippen LogP contribution is 2.51. The van der Waals surface area contributed by atoms with Gasteiger partial charge in [-0.25, -0.2) is 0 Å². The Bertz CT molecular complexity index is 2910.